The molecule has 3 aromatic rings. The molecule has 3 rings (SSSR count). The number of nitrogens with zero attached hydrogens (tertiary/aromatic N) is 1. The average Bonchev–Trinajstić information content (AvgIpc) is 3.25. The molecule has 0 aliphatic rings. The maximum Gasteiger partial charge on any atom is 0.358 e. The van der Waals surface area contributed by atoms with Gasteiger partial charge in [0.1, 0.15) is 16.6 Å². The fourth-order valence-electron chi connectivity index (χ4n) is 1.87. The van der Waals surface area contributed by atoms with E-state index in [0.29, 0.717) is 5.01 Å². The number of thiophene rings is 1. The fourth-order valence-corrected chi connectivity index (χ4v) is 3.48. The van der Waals surface area contributed by atoms with Crippen LogP contribution >= 0.6 is 22.7 Å². The highest BCUT2D eigenvalue weighted by molar-refractivity contribution is 7.20. The summed E-state index contributed by atoms with van der Waals surface area (Å²) in [5.41, 5.74) is -0.392. The number of carbonyl (C=O) groups excluding carboxylic acids is 2. The lowest BCUT2D eigenvalue weighted by Gasteiger charge is -2.04. The molecule has 0 saturated carbocycles. The SMILES string of the molecule is O=C(OCC(=O)c1cc(F)ccc1F)c1csc(-c2cccs2)n1. The number of thiazole rings is 1. The Hall–Kier alpha value is -2.45. The van der Waals surface area contributed by atoms with Crippen LogP contribution in [0.15, 0.2) is 41.1 Å². The molecule has 0 amide bonds. The number of Topliss-reactive ketones (excluding diaryl/α,β-unsaturated/α-hetero) is 1. The molecule has 8 heteroatoms. The Bertz CT molecular complexity index is 891. The molecule has 1 aromatic carbocycles. The van der Waals surface area contributed by atoms with Crippen LogP contribution in [0.2, 0.25) is 0 Å². The number of ether oxygens (including phenoxy) is 1. The van der Waals surface area contributed by atoms with Crippen LogP contribution in [0, 0.1) is 11.6 Å². The third kappa shape index (κ3) is 3.55. The molecule has 0 radical (unpaired) electrons. The zero-order chi connectivity index (χ0) is 17.1. The van der Waals surface area contributed by atoms with Crippen LogP contribution in [-0.2, 0) is 4.74 Å². The molecule has 2 aromatic heterocycles. The first-order valence-corrected chi connectivity index (χ1v) is 8.45. The number of esters is 1. The maximum absolute atomic E-state index is 13.5. The first-order valence-electron chi connectivity index (χ1n) is 6.69. The topological polar surface area (TPSA) is 56.3 Å². The van der Waals surface area contributed by atoms with Gasteiger partial charge in [-0.2, -0.15) is 0 Å². The minimum absolute atomic E-state index is 0.0657. The van der Waals surface area contributed by atoms with Crippen LogP contribution in [0.4, 0.5) is 8.78 Å². The van der Waals surface area contributed by atoms with Crippen molar-refractivity contribution in [2.45, 2.75) is 0 Å². The van der Waals surface area contributed by atoms with Crippen LogP contribution in [0.25, 0.3) is 9.88 Å². The predicted octanol–water partition coefficient (Wildman–Crippen LogP) is 4.19. The third-order valence-electron chi connectivity index (χ3n) is 3.01. The number of benzene rings is 1. The molecule has 4 nitrogen and oxygen atoms in total. The third-order valence-corrected chi connectivity index (χ3v) is 4.89. The van der Waals surface area contributed by atoms with Gasteiger partial charge in [-0.1, -0.05) is 6.07 Å². The second kappa shape index (κ2) is 6.98. The molecular formula is C16H9F2NO3S2. The molecule has 0 fully saturated rings. The zero-order valence-corrected chi connectivity index (χ0v) is 13.6. The Kier molecular flexibility index (Phi) is 4.77. The second-order valence-corrected chi connectivity index (χ2v) is 6.44. The lowest BCUT2D eigenvalue weighted by atomic mass is 10.1. The minimum atomic E-state index is -0.869. The Morgan fingerprint density at radius 1 is 1.17 bits per heavy atom. The smallest absolute Gasteiger partial charge is 0.358 e. The highest BCUT2D eigenvalue weighted by Crippen LogP contribution is 2.27. The van der Waals surface area contributed by atoms with Gasteiger partial charge in [-0.3, -0.25) is 4.79 Å². The Morgan fingerprint density at radius 2 is 2.00 bits per heavy atom. The molecule has 0 unspecified atom stereocenters. The number of hydrogen-bond donors (Lipinski definition) is 0. The predicted molar refractivity (Wildman–Crippen MR) is 86.4 cm³/mol. The van der Waals surface area contributed by atoms with Crippen LogP contribution in [0.5, 0.6) is 0 Å². The number of aromatic nitrogens is 1. The Morgan fingerprint density at radius 3 is 2.75 bits per heavy atom. The van der Waals surface area contributed by atoms with Crippen LogP contribution in [0.1, 0.15) is 20.8 Å². The molecule has 0 aliphatic heterocycles. The van der Waals surface area contributed by atoms with E-state index in [1.165, 1.54) is 28.1 Å². The van der Waals surface area contributed by atoms with E-state index in [-0.39, 0.29) is 5.69 Å². The van der Waals surface area contributed by atoms with Crippen LogP contribution in [0.3, 0.4) is 0 Å². The van der Waals surface area contributed by atoms with Gasteiger partial charge in [-0.05, 0) is 29.6 Å². The van der Waals surface area contributed by atoms with Crippen LogP contribution < -0.4 is 0 Å². The van der Waals surface area contributed by atoms with E-state index in [9.17, 15) is 18.4 Å². The minimum Gasteiger partial charge on any atom is -0.453 e. The molecular weight excluding hydrogens is 356 g/mol. The van der Waals surface area contributed by atoms with Crippen molar-refractivity contribution in [2.24, 2.45) is 0 Å². The fraction of sp³-hybridized carbons (Fsp3) is 0.0625. The molecule has 0 saturated heterocycles. The normalized spacial score (nSPS) is 10.6. The van der Waals surface area contributed by atoms with Crippen molar-refractivity contribution < 1.29 is 23.1 Å². The number of carbonyl (C=O) groups is 2. The summed E-state index contributed by atoms with van der Waals surface area (Å²) < 4.78 is 31.4. The number of rotatable bonds is 5. The molecule has 0 atom stereocenters. The lowest BCUT2D eigenvalue weighted by Crippen LogP contribution is -2.15. The second-order valence-electron chi connectivity index (χ2n) is 4.64. The highest BCUT2D eigenvalue weighted by Gasteiger charge is 2.18. The van der Waals surface area contributed by atoms with E-state index < -0.39 is 35.6 Å². The molecule has 0 spiro atoms. The van der Waals surface area contributed by atoms with E-state index in [1.807, 2.05) is 17.5 Å². The Balaban J connectivity index is 1.65. The van der Waals surface area contributed by atoms with Crippen molar-refractivity contribution in [3.63, 3.8) is 0 Å². The van der Waals surface area contributed by atoms with E-state index in [4.69, 9.17) is 4.74 Å². The molecule has 24 heavy (non-hydrogen) atoms. The van der Waals surface area contributed by atoms with Crippen molar-refractivity contribution in [1.29, 1.82) is 0 Å². The van der Waals surface area contributed by atoms with Gasteiger partial charge in [0.2, 0.25) is 5.78 Å². The highest BCUT2D eigenvalue weighted by atomic mass is 32.1. The van der Waals surface area contributed by atoms with Gasteiger partial charge >= 0.3 is 5.97 Å². The van der Waals surface area contributed by atoms with Gasteiger partial charge in [0, 0.05) is 5.38 Å². The summed E-state index contributed by atoms with van der Waals surface area (Å²) in [4.78, 5) is 28.8. The van der Waals surface area contributed by atoms with Gasteiger partial charge < -0.3 is 4.74 Å². The van der Waals surface area contributed by atoms with Gasteiger partial charge in [0.15, 0.2) is 12.3 Å². The van der Waals surface area contributed by atoms with Gasteiger partial charge in [-0.15, -0.1) is 22.7 Å². The lowest BCUT2D eigenvalue weighted by molar-refractivity contribution is 0.0468. The van der Waals surface area contributed by atoms with Crippen molar-refractivity contribution in [3.05, 3.63) is 64.0 Å². The number of hydrogen-bond acceptors (Lipinski definition) is 6. The van der Waals surface area contributed by atoms with E-state index >= 15 is 0 Å². The largest absolute Gasteiger partial charge is 0.453 e. The maximum atomic E-state index is 13.5. The van der Waals surface area contributed by atoms with Crippen LogP contribution in [-0.4, -0.2) is 23.3 Å². The van der Waals surface area contributed by atoms with Crippen molar-refractivity contribution in [3.8, 4) is 9.88 Å². The van der Waals surface area contributed by atoms with Crippen molar-refractivity contribution in [2.75, 3.05) is 6.61 Å². The molecule has 2 heterocycles. The monoisotopic (exact) mass is 365 g/mol. The van der Waals surface area contributed by atoms with Crippen molar-refractivity contribution in [1.82, 2.24) is 4.98 Å². The summed E-state index contributed by atoms with van der Waals surface area (Å²) in [5, 5.41) is 4.07. The molecule has 122 valence electrons. The first kappa shape index (κ1) is 16.4. The van der Waals surface area contributed by atoms with E-state index in [0.717, 1.165) is 23.1 Å². The summed E-state index contributed by atoms with van der Waals surface area (Å²) in [6, 6.07) is 6.25. The zero-order valence-electron chi connectivity index (χ0n) is 12.0. The first-order chi connectivity index (χ1) is 11.5. The van der Waals surface area contributed by atoms with Gasteiger partial charge in [0.25, 0.3) is 0 Å². The summed E-state index contributed by atoms with van der Waals surface area (Å²) in [7, 11) is 0. The molecule has 0 bridgehead atoms. The number of ketones is 1. The summed E-state index contributed by atoms with van der Waals surface area (Å²) >= 11 is 2.76. The average molecular weight is 365 g/mol. The standard InChI is InChI=1S/C16H9F2NO3S2/c17-9-3-4-11(18)10(6-9)13(20)7-22-16(21)12-8-24-15(19-12)14-2-1-5-23-14/h1-6,8H,7H2. The van der Waals surface area contributed by atoms with Gasteiger partial charge in [-0.25, -0.2) is 18.6 Å². The molecule has 0 aliphatic carbocycles. The quantitative estimate of drug-likeness (QED) is 0.503. The summed E-state index contributed by atoms with van der Waals surface area (Å²) in [5.74, 6) is -3.23. The van der Waals surface area contributed by atoms with E-state index in [2.05, 4.69) is 4.98 Å². The summed E-state index contributed by atoms with van der Waals surface area (Å²) in [6.45, 7) is -0.689. The van der Waals surface area contributed by atoms with E-state index in [1.54, 1.807) is 0 Å². The Labute approximate surface area is 143 Å². The number of halogens is 2. The summed E-state index contributed by atoms with van der Waals surface area (Å²) in [6.07, 6.45) is 0. The van der Waals surface area contributed by atoms with Crippen molar-refractivity contribution >= 4 is 34.4 Å². The molecule has 0 N–H and O–H groups in total. The van der Waals surface area contributed by atoms with Gasteiger partial charge in [0.05, 0.1) is 10.4 Å².